The first-order valence-corrected chi connectivity index (χ1v) is 6.81. The number of rotatable bonds is 4. The smallest absolute Gasteiger partial charge is 0.309 e. The van der Waals surface area contributed by atoms with Gasteiger partial charge in [-0.25, -0.2) is 4.98 Å². The van der Waals surface area contributed by atoms with Crippen molar-refractivity contribution in [3.05, 3.63) is 42.0 Å². The molecule has 0 saturated carbocycles. The average molecular weight is 287 g/mol. The van der Waals surface area contributed by atoms with Crippen molar-refractivity contribution in [2.75, 3.05) is 25.2 Å². The van der Waals surface area contributed by atoms with E-state index in [9.17, 15) is 4.79 Å². The van der Waals surface area contributed by atoms with E-state index >= 15 is 0 Å². The maximum Gasteiger partial charge on any atom is 0.309 e. The van der Waals surface area contributed by atoms with E-state index in [2.05, 4.69) is 14.9 Å². The molecular formula is C15H17N3O3. The maximum absolute atomic E-state index is 11.4. The van der Waals surface area contributed by atoms with Crippen LogP contribution in [-0.2, 0) is 22.5 Å². The van der Waals surface area contributed by atoms with Crippen LogP contribution in [0.15, 0.2) is 30.7 Å². The van der Waals surface area contributed by atoms with Gasteiger partial charge >= 0.3 is 5.97 Å². The molecule has 0 bridgehead atoms. The number of benzene rings is 1. The summed E-state index contributed by atoms with van der Waals surface area (Å²) < 4.78 is 10.4. The number of esters is 1. The summed E-state index contributed by atoms with van der Waals surface area (Å²) in [6.07, 6.45) is 3.82. The van der Waals surface area contributed by atoms with Gasteiger partial charge in [0.1, 0.15) is 12.4 Å². The highest BCUT2D eigenvalue weighted by atomic mass is 16.5. The van der Waals surface area contributed by atoms with Crippen molar-refractivity contribution in [2.24, 2.45) is 0 Å². The van der Waals surface area contributed by atoms with Crippen molar-refractivity contribution in [1.29, 1.82) is 0 Å². The zero-order valence-corrected chi connectivity index (χ0v) is 11.8. The van der Waals surface area contributed by atoms with Crippen molar-refractivity contribution >= 4 is 11.7 Å². The molecule has 6 heteroatoms. The normalized spacial score (nSPS) is 13.5. The number of anilines is 1. The molecule has 1 aliphatic rings. The van der Waals surface area contributed by atoms with Gasteiger partial charge in [0.25, 0.3) is 0 Å². The maximum atomic E-state index is 11.4. The van der Waals surface area contributed by atoms with Crippen LogP contribution in [0.3, 0.4) is 0 Å². The molecule has 3 rings (SSSR count). The van der Waals surface area contributed by atoms with E-state index in [-0.39, 0.29) is 12.4 Å². The molecule has 0 saturated heterocycles. The molecular weight excluding hydrogens is 270 g/mol. The number of methoxy groups -OCH3 is 1. The fourth-order valence-corrected chi connectivity index (χ4v) is 2.40. The van der Waals surface area contributed by atoms with Crippen molar-refractivity contribution in [1.82, 2.24) is 9.97 Å². The van der Waals surface area contributed by atoms with Crippen LogP contribution < -0.4 is 9.64 Å². The molecule has 0 fully saturated rings. The van der Waals surface area contributed by atoms with Crippen LogP contribution in [0.4, 0.5) is 5.69 Å². The van der Waals surface area contributed by atoms with Gasteiger partial charge in [0.15, 0.2) is 0 Å². The minimum absolute atomic E-state index is 0.245. The highest BCUT2D eigenvalue weighted by Crippen LogP contribution is 2.33. The fourth-order valence-electron chi connectivity index (χ4n) is 2.40. The van der Waals surface area contributed by atoms with E-state index in [1.54, 1.807) is 6.33 Å². The SMILES string of the molecule is COC(=O)Cc1ccc2c(c1)N(Cc1c[nH]cn1)CCO2. The number of carbonyl (C=O) groups excluding carboxylic acids is 1. The Morgan fingerprint density at radius 2 is 2.43 bits per heavy atom. The largest absolute Gasteiger partial charge is 0.490 e. The lowest BCUT2D eigenvalue weighted by Crippen LogP contribution is -2.32. The molecule has 0 atom stereocenters. The summed E-state index contributed by atoms with van der Waals surface area (Å²) in [6.45, 7) is 2.15. The lowest BCUT2D eigenvalue weighted by molar-refractivity contribution is -0.139. The number of fused-ring (bicyclic) bond motifs is 1. The first kappa shape index (κ1) is 13.5. The molecule has 110 valence electrons. The van der Waals surface area contributed by atoms with E-state index in [0.717, 1.165) is 29.2 Å². The number of carbonyl (C=O) groups is 1. The second-order valence-electron chi connectivity index (χ2n) is 4.89. The van der Waals surface area contributed by atoms with Crippen LogP contribution in [0.25, 0.3) is 0 Å². The molecule has 21 heavy (non-hydrogen) atoms. The van der Waals surface area contributed by atoms with Crippen molar-refractivity contribution < 1.29 is 14.3 Å². The standard InChI is InChI=1S/C15H17N3O3/c1-20-15(19)7-11-2-3-14-13(6-11)18(4-5-21-14)9-12-8-16-10-17-12/h2-3,6,8,10H,4-5,7,9H2,1H3,(H,16,17). The molecule has 0 spiro atoms. The van der Waals surface area contributed by atoms with Crippen LogP contribution >= 0.6 is 0 Å². The average Bonchev–Trinajstić information content (AvgIpc) is 3.01. The topological polar surface area (TPSA) is 67.5 Å². The van der Waals surface area contributed by atoms with Crippen molar-refractivity contribution in [3.8, 4) is 5.75 Å². The summed E-state index contributed by atoms with van der Waals surface area (Å²) in [5.41, 5.74) is 2.88. The van der Waals surface area contributed by atoms with E-state index < -0.39 is 0 Å². The molecule has 1 N–H and O–H groups in total. The van der Waals surface area contributed by atoms with Gasteiger partial charge in [-0.2, -0.15) is 0 Å². The third-order valence-electron chi connectivity index (χ3n) is 3.47. The van der Waals surface area contributed by atoms with E-state index in [1.807, 2.05) is 24.4 Å². The molecule has 1 aromatic heterocycles. The van der Waals surface area contributed by atoms with Crippen molar-refractivity contribution in [2.45, 2.75) is 13.0 Å². The molecule has 1 aromatic carbocycles. The van der Waals surface area contributed by atoms with Crippen molar-refractivity contribution in [3.63, 3.8) is 0 Å². The zero-order chi connectivity index (χ0) is 14.7. The third-order valence-corrected chi connectivity index (χ3v) is 3.47. The summed E-state index contributed by atoms with van der Waals surface area (Å²) in [5, 5.41) is 0. The number of aromatic nitrogens is 2. The molecule has 0 amide bonds. The minimum Gasteiger partial charge on any atom is -0.490 e. The number of imidazole rings is 1. The molecule has 0 unspecified atom stereocenters. The van der Waals surface area contributed by atoms with E-state index in [1.165, 1.54) is 7.11 Å². The zero-order valence-electron chi connectivity index (χ0n) is 11.8. The van der Waals surface area contributed by atoms with Gasteiger partial charge < -0.3 is 19.4 Å². The molecule has 0 aliphatic carbocycles. The monoisotopic (exact) mass is 287 g/mol. The number of ether oxygens (including phenoxy) is 2. The van der Waals surface area contributed by atoms with Crippen LogP contribution in [0.1, 0.15) is 11.3 Å². The highest BCUT2D eigenvalue weighted by molar-refractivity contribution is 5.74. The Morgan fingerprint density at radius 3 is 3.19 bits per heavy atom. The number of nitrogens with zero attached hydrogens (tertiary/aromatic N) is 2. The Bertz CT molecular complexity index is 625. The van der Waals surface area contributed by atoms with Gasteiger partial charge in [-0.3, -0.25) is 4.79 Å². The van der Waals surface area contributed by atoms with Gasteiger partial charge in [0.2, 0.25) is 0 Å². The van der Waals surface area contributed by atoms with Crippen LogP contribution in [0.2, 0.25) is 0 Å². The Kier molecular flexibility index (Phi) is 3.77. The Hall–Kier alpha value is -2.50. The van der Waals surface area contributed by atoms with Crippen LogP contribution in [-0.4, -0.2) is 36.2 Å². The molecule has 1 aliphatic heterocycles. The second kappa shape index (κ2) is 5.87. The first-order chi connectivity index (χ1) is 10.3. The summed E-state index contributed by atoms with van der Waals surface area (Å²) in [7, 11) is 1.40. The summed E-state index contributed by atoms with van der Waals surface area (Å²) in [5.74, 6) is 0.593. The number of hydrogen-bond donors (Lipinski definition) is 1. The fraction of sp³-hybridized carbons (Fsp3) is 0.333. The third kappa shape index (κ3) is 2.99. The molecule has 6 nitrogen and oxygen atoms in total. The van der Waals surface area contributed by atoms with Gasteiger partial charge in [-0.05, 0) is 17.7 Å². The Morgan fingerprint density at radius 1 is 1.52 bits per heavy atom. The molecule has 2 heterocycles. The highest BCUT2D eigenvalue weighted by Gasteiger charge is 2.19. The van der Waals surface area contributed by atoms with Gasteiger partial charge in [-0.1, -0.05) is 6.07 Å². The summed E-state index contributed by atoms with van der Waals surface area (Å²) >= 11 is 0. The summed E-state index contributed by atoms with van der Waals surface area (Å²) in [6, 6.07) is 5.79. The molecule has 0 radical (unpaired) electrons. The number of hydrogen-bond acceptors (Lipinski definition) is 5. The van der Waals surface area contributed by atoms with Gasteiger partial charge in [0, 0.05) is 6.20 Å². The predicted octanol–water partition coefficient (Wildman–Crippen LogP) is 1.52. The number of aromatic amines is 1. The quantitative estimate of drug-likeness (QED) is 0.864. The number of nitrogens with one attached hydrogen (secondary N) is 1. The van der Waals surface area contributed by atoms with Crippen LogP contribution in [0.5, 0.6) is 5.75 Å². The van der Waals surface area contributed by atoms with E-state index in [0.29, 0.717) is 13.2 Å². The summed E-state index contributed by atoms with van der Waals surface area (Å²) in [4.78, 5) is 20.8. The Balaban J connectivity index is 1.84. The lowest BCUT2D eigenvalue weighted by Gasteiger charge is -2.31. The van der Waals surface area contributed by atoms with Gasteiger partial charge in [0.05, 0.1) is 44.3 Å². The predicted molar refractivity (Wildman–Crippen MR) is 77.3 cm³/mol. The number of H-pyrrole nitrogens is 1. The minimum atomic E-state index is -0.245. The molecule has 2 aromatic rings. The van der Waals surface area contributed by atoms with E-state index in [4.69, 9.17) is 9.47 Å². The lowest BCUT2D eigenvalue weighted by atomic mass is 10.1. The first-order valence-electron chi connectivity index (χ1n) is 6.81. The van der Waals surface area contributed by atoms with Gasteiger partial charge in [-0.15, -0.1) is 0 Å². The van der Waals surface area contributed by atoms with Crippen LogP contribution in [0, 0.1) is 0 Å². The second-order valence-corrected chi connectivity index (χ2v) is 4.89. The Labute approximate surface area is 122 Å².